The van der Waals surface area contributed by atoms with Crippen molar-refractivity contribution >= 4 is 55.1 Å². The molecular weight excluding hydrogens is 585 g/mol. The number of nitrogens with one attached hydrogen (secondary N) is 1. The number of anilines is 4. The Morgan fingerprint density at radius 1 is 0.750 bits per heavy atom. The molecule has 4 heteroatoms. The largest absolute Gasteiger partial charge is 0.368 e. The zero-order chi connectivity index (χ0) is 32.4. The summed E-state index contributed by atoms with van der Waals surface area (Å²) in [6.45, 7) is 5.42. The number of hydrogen-bond acceptors (Lipinski definition) is 4. The van der Waals surface area contributed by atoms with Gasteiger partial charge >= 0.3 is 0 Å². The fraction of sp³-hybridized carbons (Fsp3) is 0.114. The molecule has 0 aromatic heterocycles. The van der Waals surface area contributed by atoms with Crippen LogP contribution in [0.3, 0.4) is 0 Å². The van der Waals surface area contributed by atoms with Crippen molar-refractivity contribution < 1.29 is 0 Å². The third-order valence-electron chi connectivity index (χ3n) is 10.3. The van der Waals surface area contributed by atoms with Crippen LogP contribution in [0.2, 0.25) is 0 Å². The standard InChI is InChI=1S/C44H34N4/c1-44(2)36-27-29(28-45)16-23-39(36)48(43(44)32-11-5-3-6-12-32)38-25-20-31-17-21-34-37(24-19-30-18-22-35(38)42(31)41(30)34)47(33-13-7-4-8-14-33)40-15-9-10-26-46-40/h3-25,27,43,46H,26H2,1-2H3. The first-order chi connectivity index (χ1) is 23.5. The number of dihydropyridines is 1. The maximum atomic E-state index is 9.84. The number of hydrogen-bond donors (Lipinski definition) is 1. The predicted molar refractivity (Wildman–Crippen MR) is 199 cm³/mol. The van der Waals surface area contributed by atoms with Gasteiger partial charge in [-0.1, -0.05) is 111 Å². The van der Waals surface area contributed by atoms with Crippen LogP contribution in [0, 0.1) is 11.3 Å². The van der Waals surface area contributed by atoms with Crippen LogP contribution in [-0.4, -0.2) is 6.54 Å². The van der Waals surface area contributed by atoms with Gasteiger partial charge in [-0.25, -0.2) is 0 Å². The molecule has 0 amide bonds. The van der Waals surface area contributed by atoms with E-state index in [1.54, 1.807) is 0 Å². The van der Waals surface area contributed by atoms with Crippen molar-refractivity contribution in [1.29, 1.82) is 5.26 Å². The highest BCUT2D eigenvalue weighted by Crippen LogP contribution is 2.57. The number of rotatable bonds is 5. The first-order valence-electron chi connectivity index (χ1n) is 16.6. The summed E-state index contributed by atoms with van der Waals surface area (Å²) in [7, 11) is 0. The van der Waals surface area contributed by atoms with Crippen LogP contribution in [0.4, 0.5) is 22.7 Å². The van der Waals surface area contributed by atoms with Crippen molar-refractivity contribution in [3.05, 3.63) is 168 Å². The molecule has 0 bridgehead atoms. The number of para-hydroxylation sites is 1. The van der Waals surface area contributed by atoms with Gasteiger partial charge in [-0.3, -0.25) is 4.90 Å². The molecule has 7 aromatic carbocycles. The summed E-state index contributed by atoms with van der Waals surface area (Å²) in [6.07, 6.45) is 6.42. The zero-order valence-corrected chi connectivity index (χ0v) is 27.0. The average Bonchev–Trinajstić information content (AvgIpc) is 3.37. The monoisotopic (exact) mass is 618 g/mol. The summed E-state index contributed by atoms with van der Waals surface area (Å²) in [6, 6.07) is 48.3. The van der Waals surface area contributed by atoms with Gasteiger partial charge in [-0.05, 0) is 81.2 Å². The normalized spacial score (nSPS) is 16.6. The minimum atomic E-state index is -0.244. The second-order valence-corrected chi connectivity index (χ2v) is 13.4. The molecule has 0 aliphatic carbocycles. The van der Waals surface area contributed by atoms with Gasteiger partial charge in [0, 0.05) is 39.8 Å². The van der Waals surface area contributed by atoms with E-state index in [9.17, 15) is 5.26 Å². The molecule has 1 unspecified atom stereocenters. The van der Waals surface area contributed by atoms with Gasteiger partial charge in [0.25, 0.3) is 0 Å². The van der Waals surface area contributed by atoms with Crippen LogP contribution in [0.1, 0.15) is 36.6 Å². The van der Waals surface area contributed by atoms with Gasteiger partial charge in [-0.2, -0.15) is 5.26 Å². The molecule has 7 aromatic rings. The van der Waals surface area contributed by atoms with E-state index in [-0.39, 0.29) is 11.5 Å². The lowest BCUT2D eigenvalue weighted by Gasteiger charge is -2.36. The lowest BCUT2D eigenvalue weighted by atomic mass is 9.77. The maximum Gasteiger partial charge on any atom is 0.111 e. The first kappa shape index (κ1) is 28.2. The van der Waals surface area contributed by atoms with Crippen molar-refractivity contribution in [2.75, 3.05) is 16.3 Å². The van der Waals surface area contributed by atoms with Gasteiger partial charge in [0.15, 0.2) is 0 Å². The summed E-state index contributed by atoms with van der Waals surface area (Å²) in [4.78, 5) is 4.87. The topological polar surface area (TPSA) is 42.3 Å². The van der Waals surface area contributed by atoms with Crippen molar-refractivity contribution in [2.24, 2.45) is 0 Å². The van der Waals surface area contributed by atoms with Crippen LogP contribution < -0.4 is 15.1 Å². The Hall–Kier alpha value is -6.05. The fourth-order valence-corrected chi connectivity index (χ4v) is 8.17. The number of allylic oxidation sites excluding steroid dienone is 2. The molecule has 2 heterocycles. The SMILES string of the molecule is CC1(C)c2cc(C#N)ccc2N(c2ccc3ccc4c(N(C5=CC=CCN5)c5ccccc5)ccc5ccc2c3c54)C1c1ccccc1. The molecule has 0 spiro atoms. The van der Waals surface area contributed by atoms with Crippen molar-refractivity contribution in [1.82, 2.24) is 5.32 Å². The molecular formula is C44H34N4. The third kappa shape index (κ3) is 4.14. The lowest BCUT2D eigenvalue weighted by Crippen LogP contribution is -2.31. The number of fused-ring (bicyclic) bond motifs is 1. The molecule has 2 aliphatic rings. The maximum absolute atomic E-state index is 9.84. The number of benzene rings is 7. The summed E-state index contributed by atoms with van der Waals surface area (Å²) in [5.41, 5.74) is 7.49. The number of nitrogens with zero attached hydrogens (tertiary/aromatic N) is 3. The van der Waals surface area contributed by atoms with Gasteiger partial charge in [0.1, 0.15) is 5.82 Å². The Kier molecular flexibility index (Phi) is 6.32. The summed E-state index contributed by atoms with van der Waals surface area (Å²) >= 11 is 0. The van der Waals surface area contributed by atoms with Gasteiger partial charge < -0.3 is 10.2 Å². The van der Waals surface area contributed by atoms with Crippen molar-refractivity contribution in [2.45, 2.75) is 25.3 Å². The van der Waals surface area contributed by atoms with Crippen LogP contribution >= 0.6 is 0 Å². The quantitative estimate of drug-likeness (QED) is 0.195. The molecule has 230 valence electrons. The molecule has 1 N–H and O–H groups in total. The second kappa shape index (κ2) is 10.8. The first-order valence-corrected chi connectivity index (χ1v) is 16.6. The Morgan fingerprint density at radius 3 is 2.15 bits per heavy atom. The average molecular weight is 619 g/mol. The van der Waals surface area contributed by atoms with Crippen molar-refractivity contribution in [3.63, 3.8) is 0 Å². The number of nitriles is 1. The van der Waals surface area contributed by atoms with E-state index < -0.39 is 0 Å². The minimum Gasteiger partial charge on any atom is -0.368 e. The van der Waals surface area contributed by atoms with Crippen LogP contribution in [0.5, 0.6) is 0 Å². The van der Waals surface area contributed by atoms with Crippen LogP contribution in [0.25, 0.3) is 32.3 Å². The Bertz CT molecular complexity index is 2450. The molecule has 0 saturated heterocycles. The summed E-state index contributed by atoms with van der Waals surface area (Å²) in [5, 5.41) is 20.9. The van der Waals surface area contributed by atoms with E-state index in [0.717, 1.165) is 29.4 Å². The molecule has 9 rings (SSSR count). The fourth-order valence-electron chi connectivity index (χ4n) is 8.17. The third-order valence-corrected chi connectivity index (χ3v) is 10.3. The highest BCUT2D eigenvalue weighted by Gasteiger charge is 2.46. The van der Waals surface area contributed by atoms with E-state index in [1.165, 1.54) is 49.1 Å². The zero-order valence-electron chi connectivity index (χ0n) is 27.0. The highest BCUT2D eigenvalue weighted by atomic mass is 15.3. The Labute approximate surface area is 280 Å². The van der Waals surface area contributed by atoms with Gasteiger partial charge in [0.2, 0.25) is 0 Å². The van der Waals surface area contributed by atoms with E-state index >= 15 is 0 Å². The van der Waals surface area contributed by atoms with E-state index in [2.05, 4.69) is 175 Å². The van der Waals surface area contributed by atoms with E-state index in [1.807, 2.05) is 6.07 Å². The second-order valence-electron chi connectivity index (χ2n) is 13.4. The molecule has 4 nitrogen and oxygen atoms in total. The lowest BCUT2D eigenvalue weighted by molar-refractivity contribution is 0.449. The Morgan fingerprint density at radius 2 is 1.42 bits per heavy atom. The molecule has 0 fully saturated rings. The summed E-state index contributed by atoms with van der Waals surface area (Å²) < 4.78 is 0. The predicted octanol–water partition coefficient (Wildman–Crippen LogP) is 10.8. The van der Waals surface area contributed by atoms with Gasteiger partial charge in [-0.15, -0.1) is 0 Å². The van der Waals surface area contributed by atoms with E-state index in [0.29, 0.717) is 5.56 Å². The minimum absolute atomic E-state index is 0.0441. The smallest absolute Gasteiger partial charge is 0.111 e. The summed E-state index contributed by atoms with van der Waals surface area (Å²) in [5.74, 6) is 1.05. The molecule has 48 heavy (non-hydrogen) atoms. The molecule has 0 saturated carbocycles. The molecule has 1 atom stereocenters. The van der Waals surface area contributed by atoms with E-state index in [4.69, 9.17) is 0 Å². The highest BCUT2D eigenvalue weighted by molar-refractivity contribution is 6.27. The van der Waals surface area contributed by atoms with Crippen LogP contribution in [-0.2, 0) is 5.41 Å². The molecule has 0 radical (unpaired) electrons. The van der Waals surface area contributed by atoms with Crippen LogP contribution in [0.15, 0.2) is 151 Å². The van der Waals surface area contributed by atoms with Gasteiger partial charge in [0.05, 0.1) is 23.4 Å². The molecule has 2 aliphatic heterocycles. The van der Waals surface area contributed by atoms with Crippen molar-refractivity contribution in [3.8, 4) is 6.07 Å². The Balaban J connectivity index is 1.31.